The van der Waals surface area contributed by atoms with Gasteiger partial charge >= 0.3 is 0 Å². The second kappa shape index (κ2) is 6.95. The van der Waals surface area contributed by atoms with Crippen LogP contribution >= 0.6 is 0 Å². The van der Waals surface area contributed by atoms with Gasteiger partial charge in [0.05, 0.1) is 17.5 Å². The summed E-state index contributed by atoms with van der Waals surface area (Å²) in [4.78, 5) is 14.9. The van der Waals surface area contributed by atoms with Crippen molar-refractivity contribution in [2.75, 3.05) is 0 Å². The summed E-state index contributed by atoms with van der Waals surface area (Å²) >= 11 is 0. The van der Waals surface area contributed by atoms with Gasteiger partial charge < -0.3 is 4.90 Å². The lowest BCUT2D eigenvalue weighted by Gasteiger charge is -2.22. The second-order valence-electron chi connectivity index (χ2n) is 6.80. The van der Waals surface area contributed by atoms with E-state index in [1.165, 1.54) is 29.1 Å². The van der Waals surface area contributed by atoms with Crippen LogP contribution in [-0.2, 0) is 6.54 Å². The topological polar surface area (TPSA) is 38.1 Å². The standard InChI is InChI=1S/C21H19F2N3O/c1-14-18(12-24-26(14)20-5-3-2-4-19(20)23)21(27)25(17-10-11-17)13-15-6-8-16(22)9-7-15/h2-9,12,17H,10-11,13H2,1H3. The molecule has 0 saturated heterocycles. The minimum atomic E-state index is -0.395. The molecule has 2 aromatic carbocycles. The van der Waals surface area contributed by atoms with E-state index in [1.807, 2.05) is 0 Å². The minimum absolute atomic E-state index is 0.137. The third-order valence-electron chi connectivity index (χ3n) is 4.84. The molecule has 138 valence electrons. The average molecular weight is 367 g/mol. The van der Waals surface area contributed by atoms with Gasteiger partial charge in [0.1, 0.15) is 17.3 Å². The number of carbonyl (C=O) groups excluding carboxylic acids is 1. The number of nitrogens with zero attached hydrogens (tertiary/aromatic N) is 3. The Morgan fingerprint density at radius 3 is 2.52 bits per heavy atom. The molecule has 1 saturated carbocycles. The van der Waals surface area contributed by atoms with Crippen molar-refractivity contribution in [3.05, 3.63) is 83.2 Å². The molecule has 27 heavy (non-hydrogen) atoms. The SMILES string of the molecule is Cc1c(C(=O)N(Cc2ccc(F)cc2)C2CC2)cnn1-c1ccccc1F. The Bertz CT molecular complexity index is 977. The molecule has 1 aliphatic rings. The van der Waals surface area contributed by atoms with Crippen LogP contribution in [-0.4, -0.2) is 26.6 Å². The molecule has 3 aromatic rings. The fraction of sp³-hybridized carbons (Fsp3) is 0.238. The first-order valence-corrected chi connectivity index (χ1v) is 8.89. The van der Waals surface area contributed by atoms with Gasteiger partial charge in [-0.1, -0.05) is 24.3 Å². The maximum absolute atomic E-state index is 14.1. The molecule has 0 bridgehead atoms. The summed E-state index contributed by atoms with van der Waals surface area (Å²) in [6, 6.07) is 12.7. The van der Waals surface area contributed by atoms with E-state index < -0.39 is 5.82 Å². The van der Waals surface area contributed by atoms with Gasteiger partial charge in [0.2, 0.25) is 0 Å². The van der Waals surface area contributed by atoms with Crippen LogP contribution in [0, 0.1) is 18.6 Å². The average Bonchev–Trinajstić information content (AvgIpc) is 3.43. The Labute approximate surface area is 156 Å². The summed E-state index contributed by atoms with van der Waals surface area (Å²) < 4.78 is 28.7. The Morgan fingerprint density at radius 1 is 1.15 bits per heavy atom. The van der Waals surface area contributed by atoms with Gasteiger partial charge in [-0.15, -0.1) is 0 Å². The molecule has 1 aromatic heterocycles. The third kappa shape index (κ3) is 3.47. The van der Waals surface area contributed by atoms with E-state index in [-0.39, 0.29) is 17.8 Å². The Kier molecular flexibility index (Phi) is 4.48. The minimum Gasteiger partial charge on any atom is -0.331 e. The number of rotatable bonds is 5. The number of halogens is 2. The molecule has 0 N–H and O–H groups in total. The molecule has 1 amide bonds. The van der Waals surface area contributed by atoms with Crippen molar-refractivity contribution < 1.29 is 13.6 Å². The lowest BCUT2D eigenvalue weighted by molar-refractivity contribution is 0.0729. The number of benzene rings is 2. The smallest absolute Gasteiger partial charge is 0.257 e. The molecule has 4 nitrogen and oxygen atoms in total. The van der Waals surface area contributed by atoms with Crippen LogP contribution in [0.5, 0.6) is 0 Å². The van der Waals surface area contributed by atoms with Crippen molar-refractivity contribution in [1.29, 1.82) is 0 Å². The summed E-state index contributed by atoms with van der Waals surface area (Å²) in [7, 11) is 0. The number of hydrogen-bond donors (Lipinski definition) is 0. The van der Waals surface area contributed by atoms with Crippen LogP contribution in [0.3, 0.4) is 0 Å². The van der Waals surface area contributed by atoms with E-state index >= 15 is 0 Å². The zero-order chi connectivity index (χ0) is 19.0. The number of aromatic nitrogens is 2. The molecule has 6 heteroatoms. The molecule has 0 spiro atoms. The van der Waals surface area contributed by atoms with E-state index in [4.69, 9.17) is 0 Å². The lowest BCUT2D eigenvalue weighted by Crippen LogP contribution is -2.32. The van der Waals surface area contributed by atoms with Crippen LogP contribution in [0.4, 0.5) is 8.78 Å². The van der Waals surface area contributed by atoms with Crippen molar-refractivity contribution in [2.45, 2.75) is 32.4 Å². The Morgan fingerprint density at radius 2 is 1.85 bits per heavy atom. The Balaban J connectivity index is 1.63. The van der Waals surface area contributed by atoms with Crippen molar-refractivity contribution in [3.63, 3.8) is 0 Å². The summed E-state index contributed by atoms with van der Waals surface area (Å²) in [6.07, 6.45) is 3.39. The predicted molar refractivity (Wildman–Crippen MR) is 97.6 cm³/mol. The zero-order valence-corrected chi connectivity index (χ0v) is 14.9. The first kappa shape index (κ1) is 17.4. The van der Waals surface area contributed by atoms with Gasteiger partial charge in [-0.25, -0.2) is 13.5 Å². The summed E-state index contributed by atoms with van der Waals surface area (Å²) in [5.74, 6) is -0.833. The highest BCUT2D eigenvalue weighted by atomic mass is 19.1. The van der Waals surface area contributed by atoms with E-state index in [9.17, 15) is 13.6 Å². The maximum atomic E-state index is 14.1. The fourth-order valence-corrected chi connectivity index (χ4v) is 3.18. The molecule has 0 atom stereocenters. The van der Waals surface area contributed by atoms with Gasteiger partial charge in [-0.2, -0.15) is 5.10 Å². The van der Waals surface area contributed by atoms with Crippen molar-refractivity contribution in [2.24, 2.45) is 0 Å². The number of amides is 1. The van der Waals surface area contributed by atoms with Crippen molar-refractivity contribution in [1.82, 2.24) is 14.7 Å². The molecule has 0 unspecified atom stereocenters. The van der Waals surface area contributed by atoms with E-state index in [2.05, 4.69) is 5.10 Å². The highest BCUT2D eigenvalue weighted by molar-refractivity contribution is 5.95. The van der Waals surface area contributed by atoms with Gasteiger partial charge in [0.25, 0.3) is 5.91 Å². The summed E-state index contributed by atoms with van der Waals surface area (Å²) in [6.45, 7) is 2.17. The zero-order valence-electron chi connectivity index (χ0n) is 14.9. The molecule has 1 heterocycles. The highest BCUT2D eigenvalue weighted by Gasteiger charge is 2.34. The number of hydrogen-bond acceptors (Lipinski definition) is 2. The first-order chi connectivity index (χ1) is 13.0. The molecule has 1 fully saturated rings. The molecular formula is C21H19F2N3O. The molecule has 1 aliphatic carbocycles. The molecule has 0 aliphatic heterocycles. The van der Waals surface area contributed by atoms with Crippen molar-refractivity contribution >= 4 is 5.91 Å². The van der Waals surface area contributed by atoms with Crippen LogP contribution in [0.2, 0.25) is 0 Å². The van der Waals surface area contributed by atoms with Crippen LogP contribution in [0.1, 0.15) is 34.5 Å². The molecular weight excluding hydrogens is 348 g/mol. The van der Waals surface area contributed by atoms with Gasteiger partial charge in [0, 0.05) is 12.6 Å². The number of carbonyl (C=O) groups is 1. The highest BCUT2D eigenvalue weighted by Crippen LogP contribution is 2.30. The quantitative estimate of drug-likeness (QED) is 0.676. The van der Waals surface area contributed by atoms with Crippen LogP contribution < -0.4 is 0 Å². The van der Waals surface area contributed by atoms with E-state index in [0.29, 0.717) is 23.5 Å². The van der Waals surface area contributed by atoms with Crippen molar-refractivity contribution in [3.8, 4) is 5.69 Å². The summed E-state index contributed by atoms with van der Waals surface area (Å²) in [5, 5.41) is 4.23. The van der Waals surface area contributed by atoms with Crippen LogP contribution in [0.15, 0.2) is 54.7 Å². The lowest BCUT2D eigenvalue weighted by atomic mass is 10.1. The molecule has 0 radical (unpaired) electrons. The van der Waals surface area contributed by atoms with Gasteiger partial charge in [-0.3, -0.25) is 4.79 Å². The largest absolute Gasteiger partial charge is 0.331 e. The van der Waals surface area contributed by atoms with Crippen LogP contribution in [0.25, 0.3) is 5.69 Å². The van der Waals surface area contributed by atoms with Gasteiger partial charge in [0.15, 0.2) is 0 Å². The maximum Gasteiger partial charge on any atom is 0.257 e. The summed E-state index contributed by atoms with van der Waals surface area (Å²) in [5.41, 5.74) is 2.23. The Hall–Kier alpha value is -3.02. The van der Waals surface area contributed by atoms with E-state index in [1.54, 1.807) is 42.2 Å². The fourth-order valence-electron chi connectivity index (χ4n) is 3.18. The van der Waals surface area contributed by atoms with Gasteiger partial charge in [-0.05, 0) is 49.6 Å². The first-order valence-electron chi connectivity index (χ1n) is 8.89. The molecule has 4 rings (SSSR count). The predicted octanol–water partition coefficient (Wildman–Crippen LogP) is 4.26. The van der Waals surface area contributed by atoms with E-state index in [0.717, 1.165) is 18.4 Å². The monoisotopic (exact) mass is 367 g/mol. The normalized spacial score (nSPS) is 13.6. The number of para-hydroxylation sites is 1. The second-order valence-corrected chi connectivity index (χ2v) is 6.80. The third-order valence-corrected chi connectivity index (χ3v) is 4.84.